The highest BCUT2D eigenvalue weighted by Gasteiger charge is 2.56. The Morgan fingerprint density at radius 1 is 0.629 bits per heavy atom. The van der Waals surface area contributed by atoms with Crippen LogP contribution in [0.5, 0.6) is 0 Å². The van der Waals surface area contributed by atoms with Crippen molar-refractivity contribution in [2.24, 2.45) is 23.7 Å². The molecule has 4 aliphatic rings. The van der Waals surface area contributed by atoms with E-state index in [4.69, 9.17) is 9.47 Å². The van der Waals surface area contributed by atoms with Crippen molar-refractivity contribution in [2.45, 2.75) is 122 Å². The molecule has 4 rings (SSSR count). The number of ether oxygens (including phenoxy) is 2. The lowest BCUT2D eigenvalue weighted by atomic mass is 9.79. The predicted molar refractivity (Wildman–Crippen MR) is 127 cm³/mol. The minimum atomic E-state index is -0.643. The van der Waals surface area contributed by atoms with E-state index in [0.29, 0.717) is 25.7 Å². The summed E-state index contributed by atoms with van der Waals surface area (Å²) < 4.78 is 12.0. The summed E-state index contributed by atoms with van der Waals surface area (Å²) in [7, 11) is 0. The largest absolute Gasteiger partial charge is 0.462 e. The maximum absolute atomic E-state index is 13.5. The van der Waals surface area contributed by atoms with E-state index in [1.807, 2.05) is 67.5 Å². The molecule has 0 aromatic carbocycles. The minimum Gasteiger partial charge on any atom is -0.462 e. The molecule has 1 saturated carbocycles. The first-order valence-electron chi connectivity index (χ1n) is 13.0. The lowest BCUT2D eigenvalue weighted by molar-refractivity contribution is -0.300. The van der Waals surface area contributed by atoms with Crippen LogP contribution in [0.1, 0.15) is 87.5 Å². The first kappa shape index (κ1) is 26.6. The van der Waals surface area contributed by atoms with Crippen LogP contribution in [-0.2, 0) is 29.5 Å². The van der Waals surface area contributed by atoms with Crippen LogP contribution in [0.25, 0.3) is 0 Å². The van der Waals surface area contributed by atoms with Crippen molar-refractivity contribution in [3.63, 3.8) is 0 Å². The summed E-state index contributed by atoms with van der Waals surface area (Å²) >= 11 is 0. The molecule has 4 atom stereocenters. The molecule has 196 valence electrons. The topological polar surface area (TPSA) is 98.9 Å². The number of hydroxylamine groups is 4. The van der Waals surface area contributed by atoms with Crippen molar-refractivity contribution in [3.05, 3.63) is 12.2 Å². The molecule has 0 amide bonds. The summed E-state index contributed by atoms with van der Waals surface area (Å²) in [6.07, 6.45) is 5.86. The second-order valence-corrected chi connectivity index (χ2v) is 13.8. The number of allylic oxidation sites excluding steroid dienone is 2. The molecule has 0 N–H and O–H groups in total. The smallest absolute Gasteiger partial charge is 0.310 e. The minimum absolute atomic E-state index is 0.0398. The van der Waals surface area contributed by atoms with Gasteiger partial charge in [0, 0.05) is 47.8 Å². The second-order valence-electron chi connectivity index (χ2n) is 13.8. The van der Waals surface area contributed by atoms with Gasteiger partial charge in [-0.3, -0.25) is 9.59 Å². The van der Waals surface area contributed by atoms with E-state index < -0.39 is 34.0 Å². The predicted octanol–water partition coefficient (Wildman–Crippen LogP) is 4.25. The molecule has 2 aliphatic heterocycles. The van der Waals surface area contributed by atoms with E-state index in [-0.39, 0.29) is 36.0 Å². The van der Waals surface area contributed by atoms with Crippen LogP contribution < -0.4 is 0 Å². The number of rotatable bonds is 4. The third kappa shape index (κ3) is 4.79. The van der Waals surface area contributed by atoms with Gasteiger partial charge in [0.2, 0.25) is 0 Å². The molecule has 2 radical (unpaired) electrons. The molecule has 0 spiro atoms. The van der Waals surface area contributed by atoms with Gasteiger partial charge < -0.3 is 9.47 Å². The van der Waals surface area contributed by atoms with Gasteiger partial charge in [0.05, 0.1) is 11.8 Å². The van der Waals surface area contributed by atoms with Gasteiger partial charge in [-0.2, -0.15) is 0 Å². The monoisotopic (exact) mass is 490 g/mol. The highest BCUT2D eigenvalue weighted by atomic mass is 16.6. The average molecular weight is 491 g/mol. The molecule has 2 aliphatic carbocycles. The van der Waals surface area contributed by atoms with E-state index >= 15 is 0 Å². The first-order chi connectivity index (χ1) is 15.9. The molecule has 0 aromatic rings. The zero-order valence-electron chi connectivity index (χ0n) is 22.5. The number of piperidine rings is 2. The number of carbonyl (C=O) groups is 2. The third-order valence-electron chi connectivity index (χ3n) is 8.68. The SMILES string of the molecule is CC1(C)CC(OC(=O)[C@@H]2[C@H](C(=O)OC3CC(C)(C)N([O])C(C)(C)C3)[C@H]3C=C[C@@H]2C3)CC(C)(C)N1[O]. The zero-order valence-corrected chi connectivity index (χ0v) is 22.5. The average Bonchev–Trinajstić information content (AvgIpc) is 3.31. The Labute approximate surface area is 209 Å². The van der Waals surface area contributed by atoms with Crippen LogP contribution in [0.4, 0.5) is 0 Å². The van der Waals surface area contributed by atoms with Crippen LogP contribution in [-0.4, -0.2) is 56.4 Å². The second kappa shape index (κ2) is 8.54. The summed E-state index contributed by atoms with van der Waals surface area (Å²) in [5.41, 5.74) is -2.57. The molecule has 3 fully saturated rings. The maximum atomic E-state index is 13.5. The van der Waals surface area contributed by atoms with Gasteiger partial charge in [0.1, 0.15) is 12.2 Å². The summed E-state index contributed by atoms with van der Waals surface area (Å²) in [5.74, 6) is -1.96. The molecule has 2 heterocycles. The summed E-state index contributed by atoms with van der Waals surface area (Å²) in [5, 5.41) is 27.6. The number of carbonyl (C=O) groups excluding carboxylic acids is 2. The van der Waals surface area contributed by atoms with E-state index in [0.717, 1.165) is 16.5 Å². The van der Waals surface area contributed by atoms with Crippen LogP contribution in [0, 0.1) is 23.7 Å². The quantitative estimate of drug-likeness (QED) is 0.432. The lowest BCUT2D eigenvalue weighted by Crippen LogP contribution is -2.60. The highest BCUT2D eigenvalue weighted by Crippen LogP contribution is 2.50. The standard InChI is InChI=1S/C27H42N2O6/c1-24(2)12-18(13-25(3,4)28(24)32)34-22(30)20-16-9-10-17(11-16)21(20)23(31)35-19-14-26(5,6)29(33)27(7,8)15-19/h9-10,16-21H,11-15H2,1-8H3/t16-,17+,20+,21-. The fourth-order valence-corrected chi connectivity index (χ4v) is 7.46. The van der Waals surface area contributed by atoms with E-state index in [1.165, 1.54) is 0 Å². The van der Waals surface area contributed by atoms with Crippen LogP contribution in [0.2, 0.25) is 0 Å². The Kier molecular flexibility index (Phi) is 6.48. The van der Waals surface area contributed by atoms with Gasteiger partial charge in [-0.15, -0.1) is 20.5 Å². The molecule has 2 bridgehead atoms. The number of esters is 2. The van der Waals surface area contributed by atoms with E-state index in [1.54, 1.807) is 0 Å². The number of hydrogen-bond donors (Lipinski definition) is 0. The van der Waals surface area contributed by atoms with Crippen LogP contribution in [0.15, 0.2) is 12.2 Å². The molecule has 8 nitrogen and oxygen atoms in total. The van der Waals surface area contributed by atoms with Gasteiger partial charge >= 0.3 is 11.9 Å². The third-order valence-corrected chi connectivity index (χ3v) is 8.68. The molecule has 35 heavy (non-hydrogen) atoms. The van der Waals surface area contributed by atoms with Crippen molar-refractivity contribution in [2.75, 3.05) is 0 Å². The Morgan fingerprint density at radius 2 is 0.914 bits per heavy atom. The molecule has 2 saturated heterocycles. The Bertz CT molecular complexity index is 788. The van der Waals surface area contributed by atoms with E-state index in [9.17, 15) is 20.0 Å². The van der Waals surface area contributed by atoms with Crippen molar-refractivity contribution >= 4 is 11.9 Å². The summed E-state index contributed by atoms with van der Waals surface area (Å²) in [4.78, 5) is 26.9. The molecular weight excluding hydrogens is 448 g/mol. The van der Waals surface area contributed by atoms with Crippen LogP contribution >= 0.6 is 0 Å². The van der Waals surface area contributed by atoms with Crippen molar-refractivity contribution < 1.29 is 29.5 Å². The summed E-state index contributed by atoms with van der Waals surface area (Å²) in [6, 6.07) is 0. The molecule has 0 aromatic heterocycles. The summed E-state index contributed by atoms with van der Waals surface area (Å²) in [6.45, 7) is 15.0. The van der Waals surface area contributed by atoms with Crippen molar-refractivity contribution in [3.8, 4) is 0 Å². The maximum Gasteiger partial charge on any atom is 0.310 e. The Hall–Kier alpha value is -1.48. The molecule has 8 heteroatoms. The zero-order chi connectivity index (χ0) is 26.1. The van der Waals surface area contributed by atoms with Crippen molar-refractivity contribution in [1.82, 2.24) is 10.1 Å². The fraction of sp³-hybridized carbons (Fsp3) is 0.852. The van der Waals surface area contributed by atoms with Crippen LogP contribution in [0.3, 0.4) is 0 Å². The number of fused-ring (bicyclic) bond motifs is 2. The van der Waals surface area contributed by atoms with Crippen molar-refractivity contribution in [1.29, 1.82) is 0 Å². The normalized spacial score (nSPS) is 36.3. The number of nitrogens with zero attached hydrogens (tertiary/aromatic N) is 2. The van der Waals surface area contributed by atoms with Gasteiger partial charge in [-0.05, 0) is 73.6 Å². The highest BCUT2D eigenvalue weighted by molar-refractivity contribution is 5.84. The van der Waals surface area contributed by atoms with E-state index in [2.05, 4.69) is 0 Å². The first-order valence-corrected chi connectivity index (χ1v) is 13.0. The Morgan fingerprint density at radius 3 is 1.20 bits per heavy atom. The van der Waals surface area contributed by atoms with Gasteiger partial charge in [0.15, 0.2) is 0 Å². The Balaban J connectivity index is 1.47. The van der Waals surface area contributed by atoms with Gasteiger partial charge in [0.25, 0.3) is 0 Å². The molecule has 0 unspecified atom stereocenters. The molecular formula is C27H42N2O6. The van der Waals surface area contributed by atoms with Gasteiger partial charge in [-0.1, -0.05) is 12.2 Å². The fourth-order valence-electron chi connectivity index (χ4n) is 7.46. The van der Waals surface area contributed by atoms with Gasteiger partial charge in [-0.25, -0.2) is 0 Å². The number of hydrogen-bond acceptors (Lipinski definition) is 6. The lowest BCUT2D eigenvalue weighted by Gasteiger charge is -2.49.